The lowest BCUT2D eigenvalue weighted by Gasteiger charge is -2.38. The van der Waals surface area contributed by atoms with Gasteiger partial charge in [0.25, 0.3) is 0 Å². The molecule has 1 fully saturated rings. The SMILES string of the molecule is C=Cc1ccc(-c2cccc(S(=O)(=O)N3CC(CNC(=O)OC(C)(C)C)C3)c2)cc1N=C. The molecule has 0 radical (unpaired) electrons. The lowest BCUT2D eigenvalue weighted by molar-refractivity contribution is 0.0503. The monoisotopic (exact) mass is 455 g/mol. The summed E-state index contributed by atoms with van der Waals surface area (Å²) in [5, 5.41) is 2.70. The minimum atomic E-state index is -3.62. The molecule has 2 aromatic carbocycles. The van der Waals surface area contributed by atoms with E-state index in [2.05, 4.69) is 23.6 Å². The van der Waals surface area contributed by atoms with Gasteiger partial charge in [-0.3, -0.25) is 4.99 Å². The van der Waals surface area contributed by atoms with E-state index in [0.717, 1.165) is 16.7 Å². The van der Waals surface area contributed by atoms with Crippen molar-refractivity contribution in [3.63, 3.8) is 0 Å². The van der Waals surface area contributed by atoms with E-state index < -0.39 is 21.7 Å². The van der Waals surface area contributed by atoms with E-state index in [1.54, 1.807) is 45.0 Å². The molecule has 1 N–H and O–H groups in total. The largest absolute Gasteiger partial charge is 0.444 e. The highest BCUT2D eigenvalue weighted by Gasteiger charge is 2.37. The third-order valence-electron chi connectivity index (χ3n) is 5.08. The van der Waals surface area contributed by atoms with Crippen molar-refractivity contribution in [2.45, 2.75) is 31.3 Å². The Morgan fingerprint density at radius 3 is 2.53 bits per heavy atom. The number of alkyl carbamates (subject to hydrolysis) is 1. The van der Waals surface area contributed by atoms with Crippen molar-refractivity contribution in [1.82, 2.24) is 9.62 Å². The Balaban J connectivity index is 1.67. The van der Waals surface area contributed by atoms with Gasteiger partial charge < -0.3 is 10.1 Å². The van der Waals surface area contributed by atoms with Crippen LogP contribution in [-0.4, -0.2) is 50.8 Å². The van der Waals surface area contributed by atoms with Crippen LogP contribution in [0.5, 0.6) is 0 Å². The molecule has 2 aromatic rings. The first kappa shape index (κ1) is 23.7. The Morgan fingerprint density at radius 1 is 1.22 bits per heavy atom. The molecule has 0 aromatic heterocycles. The van der Waals surface area contributed by atoms with Gasteiger partial charge in [-0.05, 0) is 62.4 Å². The molecule has 3 rings (SSSR count). The molecule has 8 heteroatoms. The van der Waals surface area contributed by atoms with Gasteiger partial charge in [-0.15, -0.1) is 0 Å². The minimum Gasteiger partial charge on any atom is -0.444 e. The van der Waals surface area contributed by atoms with E-state index in [1.165, 1.54) is 4.31 Å². The number of carbonyl (C=O) groups is 1. The zero-order valence-electron chi connectivity index (χ0n) is 18.7. The Hall–Kier alpha value is -2.97. The second-order valence-corrected chi connectivity index (χ2v) is 10.7. The van der Waals surface area contributed by atoms with Gasteiger partial charge in [-0.1, -0.05) is 36.9 Å². The third kappa shape index (κ3) is 5.44. The van der Waals surface area contributed by atoms with E-state index in [4.69, 9.17) is 4.74 Å². The van der Waals surface area contributed by atoms with Crippen molar-refractivity contribution in [2.75, 3.05) is 19.6 Å². The summed E-state index contributed by atoms with van der Waals surface area (Å²) in [6, 6.07) is 12.5. The van der Waals surface area contributed by atoms with Crippen LogP contribution in [0.3, 0.4) is 0 Å². The molecule has 0 unspecified atom stereocenters. The van der Waals surface area contributed by atoms with Crippen molar-refractivity contribution >= 4 is 34.6 Å². The molecular formula is C24H29N3O4S. The van der Waals surface area contributed by atoms with E-state index in [9.17, 15) is 13.2 Å². The molecule has 1 aliphatic heterocycles. The van der Waals surface area contributed by atoms with E-state index in [-0.39, 0.29) is 10.8 Å². The van der Waals surface area contributed by atoms with Crippen LogP contribution >= 0.6 is 0 Å². The molecule has 7 nitrogen and oxygen atoms in total. The Labute approximate surface area is 189 Å². The molecular weight excluding hydrogens is 426 g/mol. The van der Waals surface area contributed by atoms with Crippen LogP contribution in [0.4, 0.5) is 10.5 Å². The van der Waals surface area contributed by atoms with Gasteiger partial charge in [0.15, 0.2) is 0 Å². The van der Waals surface area contributed by atoms with E-state index in [1.807, 2.05) is 24.3 Å². The number of sulfonamides is 1. The number of benzene rings is 2. The summed E-state index contributed by atoms with van der Waals surface area (Å²) in [5.74, 6) is 0.0492. The minimum absolute atomic E-state index is 0.0492. The fourth-order valence-electron chi connectivity index (χ4n) is 3.41. The molecule has 0 atom stereocenters. The fraction of sp³-hybridized carbons (Fsp3) is 0.333. The molecule has 1 aliphatic rings. The molecule has 0 aliphatic carbocycles. The molecule has 32 heavy (non-hydrogen) atoms. The average Bonchev–Trinajstić information content (AvgIpc) is 2.70. The Bertz CT molecular complexity index is 1130. The first-order valence-electron chi connectivity index (χ1n) is 10.3. The molecule has 1 amide bonds. The smallest absolute Gasteiger partial charge is 0.407 e. The van der Waals surface area contributed by atoms with Crippen LogP contribution in [-0.2, 0) is 14.8 Å². The maximum atomic E-state index is 13.1. The van der Waals surface area contributed by atoms with Gasteiger partial charge in [-0.25, -0.2) is 13.2 Å². The molecule has 170 valence electrons. The van der Waals surface area contributed by atoms with Crippen LogP contribution in [0.2, 0.25) is 0 Å². The number of ether oxygens (including phenoxy) is 1. The quantitative estimate of drug-likeness (QED) is 0.624. The van der Waals surface area contributed by atoms with Crippen LogP contribution in [0.25, 0.3) is 17.2 Å². The highest BCUT2D eigenvalue weighted by atomic mass is 32.2. The summed E-state index contributed by atoms with van der Waals surface area (Å²) >= 11 is 0. The zero-order valence-corrected chi connectivity index (χ0v) is 19.5. The second-order valence-electron chi connectivity index (χ2n) is 8.73. The first-order chi connectivity index (χ1) is 15.0. The van der Waals surface area contributed by atoms with Gasteiger partial charge >= 0.3 is 6.09 Å². The number of hydrogen-bond acceptors (Lipinski definition) is 5. The maximum Gasteiger partial charge on any atom is 0.407 e. The van der Waals surface area contributed by atoms with Gasteiger partial charge in [-0.2, -0.15) is 4.31 Å². The van der Waals surface area contributed by atoms with Gasteiger partial charge in [0.05, 0.1) is 10.6 Å². The number of hydrogen-bond donors (Lipinski definition) is 1. The van der Waals surface area contributed by atoms with Crippen LogP contribution < -0.4 is 5.32 Å². The summed E-state index contributed by atoms with van der Waals surface area (Å²) in [6.45, 7) is 13.8. The summed E-state index contributed by atoms with van der Waals surface area (Å²) in [7, 11) is -3.62. The third-order valence-corrected chi connectivity index (χ3v) is 6.91. The highest BCUT2D eigenvalue weighted by molar-refractivity contribution is 7.89. The molecule has 0 bridgehead atoms. The normalized spacial score (nSPS) is 15.0. The molecule has 1 heterocycles. The van der Waals surface area contributed by atoms with Crippen molar-refractivity contribution in [3.05, 3.63) is 54.6 Å². The standard InChI is InChI=1S/C24H29N3O4S/c1-6-18-10-11-20(13-22(18)25-5)19-8-7-9-21(12-19)32(29,30)27-15-17(16-27)14-26-23(28)31-24(2,3)4/h6-13,17H,1,5,14-16H2,2-4H3,(H,26,28). The van der Waals surface area contributed by atoms with Crippen molar-refractivity contribution < 1.29 is 17.9 Å². The Kier molecular flexibility index (Phi) is 6.85. The summed E-state index contributed by atoms with van der Waals surface area (Å²) < 4.78 is 32.8. The Morgan fingerprint density at radius 2 is 1.91 bits per heavy atom. The van der Waals surface area contributed by atoms with Gasteiger partial charge in [0.1, 0.15) is 5.60 Å². The van der Waals surface area contributed by atoms with Gasteiger partial charge in [0, 0.05) is 25.6 Å². The summed E-state index contributed by atoms with van der Waals surface area (Å²) in [5.41, 5.74) is 2.60. The summed E-state index contributed by atoms with van der Waals surface area (Å²) in [6.07, 6.45) is 1.20. The molecule has 1 saturated heterocycles. The lowest BCUT2D eigenvalue weighted by Crippen LogP contribution is -2.53. The fourth-order valence-corrected chi connectivity index (χ4v) is 5.05. The number of carbonyl (C=O) groups excluding carboxylic acids is 1. The average molecular weight is 456 g/mol. The molecule has 0 spiro atoms. The number of amides is 1. The van der Waals surface area contributed by atoms with Crippen LogP contribution in [0.1, 0.15) is 26.3 Å². The van der Waals surface area contributed by atoms with Crippen LogP contribution in [0.15, 0.2) is 58.9 Å². The maximum absolute atomic E-state index is 13.1. The zero-order chi connectivity index (χ0) is 23.5. The van der Waals surface area contributed by atoms with Gasteiger partial charge in [0.2, 0.25) is 10.0 Å². The molecule has 0 saturated carbocycles. The summed E-state index contributed by atoms with van der Waals surface area (Å²) in [4.78, 5) is 16.0. The number of nitrogens with zero attached hydrogens (tertiary/aromatic N) is 2. The van der Waals surface area contributed by atoms with E-state index >= 15 is 0 Å². The van der Waals surface area contributed by atoms with Crippen molar-refractivity contribution in [3.8, 4) is 11.1 Å². The topological polar surface area (TPSA) is 88.1 Å². The predicted molar refractivity (Wildman–Crippen MR) is 128 cm³/mol. The van der Waals surface area contributed by atoms with Crippen molar-refractivity contribution in [2.24, 2.45) is 10.9 Å². The van der Waals surface area contributed by atoms with Crippen molar-refractivity contribution in [1.29, 1.82) is 0 Å². The predicted octanol–water partition coefficient (Wildman–Crippen LogP) is 4.47. The van der Waals surface area contributed by atoms with E-state index in [0.29, 0.717) is 25.3 Å². The number of aliphatic imine (C=N–C) groups is 1. The number of rotatable bonds is 7. The number of nitrogens with one attached hydrogen (secondary N) is 1. The lowest BCUT2D eigenvalue weighted by atomic mass is 10.0. The second kappa shape index (κ2) is 9.26. The first-order valence-corrected chi connectivity index (χ1v) is 11.8. The van der Waals surface area contributed by atoms with Crippen LogP contribution in [0, 0.1) is 5.92 Å². The highest BCUT2D eigenvalue weighted by Crippen LogP contribution is 2.31.